The average molecular weight is 295 g/mol. The van der Waals surface area contributed by atoms with Crippen molar-refractivity contribution >= 4 is 23.4 Å². The topological polar surface area (TPSA) is 49.4 Å². The van der Waals surface area contributed by atoms with Crippen molar-refractivity contribution in [1.82, 2.24) is 10.2 Å². The van der Waals surface area contributed by atoms with Crippen molar-refractivity contribution in [3.63, 3.8) is 0 Å². The molecule has 2 amide bonds. The largest absolute Gasteiger partial charge is 0.359 e. The van der Waals surface area contributed by atoms with Gasteiger partial charge in [0.25, 0.3) is 5.91 Å². The normalized spacial score (nSPS) is 16.0. The first kappa shape index (κ1) is 14.9. The third-order valence-corrected chi connectivity index (χ3v) is 4.06. The molecule has 0 unspecified atom stereocenters. The minimum Gasteiger partial charge on any atom is -0.359 e. The molecule has 4 nitrogen and oxygen atoms in total. The Bertz CT molecular complexity index is 479. The van der Waals surface area contributed by atoms with E-state index in [0.717, 1.165) is 18.4 Å². The number of hydrogen-bond donors (Lipinski definition) is 1. The molecule has 0 spiro atoms. The summed E-state index contributed by atoms with van der Waals surface area (Å²) in [5.41, 5.74) is 1.68. The lowest BCUT2D eigenvalue weighted by Gasteiger charge is -2.31. The molecule has 2 rings (SSSR count). The number of hydrogen-bond acceptors (Lipinski definition) is 2. The van der Waals surface area contributed by atoms with Gasteiger partial charge in [-0.3, -0.25) is 9.59 Å². The highest BCUT2D eigenvalue weighted by Crippen LogP contribution is 2.19. The van der Waals surface area contributed by atoms with E-state index in [2.05, 4.69) is 5.32 Å². The molecule has 1 heterocycles. The fourth-order valence-electron chi connectivity index (χ4n) is 2.47. The van der Waals surface area contributed by atoms with E-state index < -0.39 is 0 Å². The van der Waals surface area contributed by atoms with Crippen LogP contribution < -0.4 is 5.32 Å². The number of piperidine rings is 1. The Hall–Kier alpha value is -1.55. The molecule has 1 aromatic carbocycles. The minimum absolute atomic E-state index is 0.0291. The second kappa shape index (κ2) is 6.75. The molecule has 1 saturated heterocycles. The van der Waals surface area contributed by atoms with E-state index in [1.165, 1.54) is 0 Å². The van der Waals surface area contributed by atoms with Gasteiger partial charge in [-0.1, -0.05) is 12.1 Å². The number of amides is 2. The summed E-state index contributed by atoms with van der Waals surface area (Å²) < 4.78 is 0. The lowest BCUT2D eigenvalue weighted by Crippen LogP contribution is -2.42. The van der Waals surface area contributed by atoms with Gasteiger partial charge >= 0.3 is 0 Å². The molecule has 5 heteroatoms. The number of carbonyl (C=O) groups is 2. The van der Waals surface area contributed by atoms with Crippen LogP contribution in [0.25, 0.3) is 0 Å². The summed E-state index contributed by atoms with van der Waals surface area (Å²) in [6.07, 6.45) is 1.45. The quantitative estimate of drug-likeness (QED) is 0.867. The van der Waals surface area contributed by atoms with E-state index in [9.17, 15) is 9.59 Å². The van der Waals surface area contributed by atoms with Crippen molar-refractivity contribution in [2.24, 2.45) is 5.92 Å². The SMILES string of the molecule is CNC(=O)C1CCN(C(=O)c2ccc(CCl)cc2)CC1. The summed E-state index contributed by atoms with van der Waals surface area (Å²) in [7, 11) is 1.65. The number of likely N-dealkylation sites (tertiary alicyclic amines) is 1. The van der Waals surface area contributed by atoms with E-state index in [1.54, 1.807) is 7.05 Å². The molecule has 20 heavy (non-hydrogen) atoms. The van der Waals surface area contributed by atoms with E-state index >= 15 is 0 Å². The van der Waals surface area contributed by atoms with Crippen LogP contribution in [0, 0.1) is 5.92 Å². The van der Waals surface area contributed by atoms with Crippen molar-refractivity contribution in [2.45, 2.75) is 18.7 Å². The Morgan fingerprint density at radius 3 is 2.35 bits per heavy atom. The van der Waals surface area contributed by atoms with E-state index in [1.807, 2.05) is 29.2 Å². The van der Waals surface area contributed by atoms with Crippen molar-refractivity contribution in [2.75, 3.05) is 20.1 Å². The van der Waals surface area contributed by atoms with Crippen LogP contribution >= 0.6 is 11.6 Å². The summed E-state index contributed by atoms with van der Waals surface area (Å²) in [6, 6.07) is 7.37. The maximum atomic E-state index is 12.3. The van der Waals surface area contributed by atoms with Crippen LogP contribution in [0.3, 0.4) is 0 Å². The van der Waals surface area contributed by atoms with Gasteiger partial charge in [0.05, 0.1) is 0 Å². The summed E-state index contributed by atoms with van der Waals surface area (Å²) in [6.45, 7) is 1.27. The monoisotopic (exact) mass is 294 g/mol. The highest BCUT2D eigenvalue weighted by atomic mass is 35.5. The van der Waals surface area contributed by atoms with Gasteiger partial charge in [0, 0.05) is 37.5 Å². The highest BCUT2D eigenvalue weighted by molar-refractivity contribution is 6.17. The van der Waals surface area contributed by atoms with Gasteiger partial charge in [-0.05, 0) is 30.5 Å². The number of nitrogens with one attached hydrogen (secondary N) is 1. The van der Waals surface area contributed by atoms with E-state index in [4.69, 9.17) is 11.6 Å². The Balaban J connectivity index is 1.95. The van der Waals surface area contributed by atoms with Crippen LogP contribution in [-0.4, -0.2) is 36.9 Å². The fourth-order valence-corrected chi connectivity index (χ4v) is 2.65. The molecular formula is C15H19ClN2O2. The molecule has 1 fully saturated rings. The van der Waals surface area contributed by atoms with Crippen LogP contribution in [0.5, 0.6) is 0 Å². The van der Waals surface area contributed by atoms with Crippen LogP contribution in [0.4, 0.5) is 0 Å². The van der Waals surface area contributed by atoms with Crippen LogP contribution in [0.2, 0.25) is 0 Å². The first-order chi connectivity index (χ1) is 9.65. The maximum absolute atomic E-state index is 12.3. The van der Waals surface area contributed by atoms with E-state index in [0.29, 0.717) is 24.5 Å². The zero-order valence-electron chi connectivity index (χ0n) is 11.6. The van der Waals surface area contributed by atoms with Gasteiger partial charge in [-0.2, -0.15) is 0 Å². The summed E-state index contributed by atoms with van der Waals surface area (Å²) in [5.74, 6) is 0.583. The average Bonchev–Trinajstić information content (AvgIpc) is 2.53. The molecule has 0 radical (unpaired) electrons. The molecule has 1 aromatic rings. The second-order valence-electron chi connectivity index (χ2n) is 5.01. The summed E-state index contributed by atoms with van der Waals surface area (Å²) in [5, 5.41) is 2.67. The third-order valence-electron chi connectivity index (χ3n) is 3.75. The molecule has 0 atom stereocenters. The summed E-state index contributed by atoms with van der Waals surface area (Å²) in [4.78, 5) is 25.7. The Labute approximate surface area is 124 Å². The Kier molecular flexibility index (Phi) is 5.01. The molecular weight excluding hydrogens is 276 g/mol. The number of nitrogens with zero attached hydrogens (tertiary/aromatic N) is 1. The number of halogens is 1. The summed E-state index contributed by atoms with van der Waals surface area (Å²) >= 11 is 5.73. The van der Waals surface area contributed by atoms with E-state index in [-0.39, 0.29) is 17.7 Å². The molecule has 108 valence electrons. The van der Waals surface area contributed by atoms with Crippen molar-refractivity contribution < 1.29 is 9.59 Å². The number of benzene rings is 1. The molecule has 1 aliphatic rings. The molecule has 0 bridgehead atoms. The highest BCUT2D eigenvalue weighted by Gasteiger charge is 2.27. The molecule has 1 N–H and O–H groups in total. The van der Waals surface area contributed by atoms with Gasteiger partial charge in [-0.25, -0.2) is 0 Å². The minimum atomic E-state index is 0.0291. The first-order valence-corrected chi connectivity index (χ1v) is 7.35. The van der Waals surface area contributed by atoms with Gasteiger partial charge in [-0.15, -0.1) is 11.6 Å². The second-order valence-corrected chi connectivity index (χ2v) is 5.28. The fraction of sp³-hybridized carbons (Fsp3) is 0.467. The van der Waals surface area contributed by atoms with Gasteiger partial charge in [0.1, 0.15) is 0 Å². The molecule has 0 aliphatic carbocycles. The third kappa shape index (κ3) is 3.31. The number of alkyl halides is 1. The van der Waals surface area contributed by atoms with Gasteiger partial charge < -0.3 is 10.2 Å². The van der Waals surface area contributed by atoms with Crippen molar-refractivity contribution in [3.8, 4) is 0 Å². The zero-order valence-corrected chi connectivity index (χ0v) is 12.3. The Morgan fingerprint density at radius 2 is 1.85 bits per heavy atom. The molecule has 1 aliphatic heterocycles. The van der Waals surface area contributed by atoms with Crippen molar-refractivity contribution in [1.29, 1.82) is 0 Å². The van der Waals surface area contributed by atoms with Crippen LogP contribution in [0.1, 0.15) is 28.8 Å². The van der Waals surface area contributed by atoms with Crippen LogP contribution in [0.15, 0.2) is 24.3 Å². The standard InChI is InChI=1S/C15H19ClN2O2/c1-17-14(19)12-6-8-18(9-7-12)15(20)13-4-2-11(10-16)3-5-13/h2-5,12H,6-10H2,1H3,(H,17,19). The van der Waals surface area contributed by atoms with Gasteiger partial charge in [0.15, 0.2) is 0 Å². The number of rotatable bonds is 3. The maximum Gasteiger partial charge on any atom is 0.253 e. The lowest BCUT2D eigenvalue weighted by molar-refractivity contribution is -0.125. The zero-order chi connectivity index (χ0) is 14.5. The predicted molar refractivity (Wildman–Crippen MR) is 78.7 cm³/mol. The van der Waals surface area contributed by atoms with Gasteiger partial charge in [0.2, 0.25) is 5.91 Å². The Morgan fingerprint density at radius 1 is 1.25 bits per heavy atom. The number of carbonyl (C=O) groups excluding carboxylic acids is 2. The molecule has 0 aromatic heterocycles. The first-order valence-electron chi connectivity index (χ1n) is 6.81. The molecule has 0 saturated carbocycles. The predicted octanol–water partition coefficient (Wildman–Crippen LogP) is 2.02. The van der Waals surface area contributed by atoms with Crippen molar-refractivity contribution in [3.05, 3.63) is 35.4 Å². The smallest absolute Gasteiger partial charge is 0.253 e. The lowest BCUT2D eigenvalue weighted by atomic mass is 9.95. The van der Waals surface area contributed by atoms with Crippen LogP contribution in [-0.2, 0) is 10.7 Å².